The molecule has 0 bridgehead atoms. The molecule has 1 aromatic heterocycles. The van der Waals surface area contributed by atoms with Crippen LogP contribution in [0.2, 0.25) is 0 Å². The van der Waals surface area contributed by atoms with Gasteiger partial charge in [0, 0.05) is 37.3 Å². The highest BCUT2D eigenvalue weighted by Crippen LogP contribution is 2.28. The number of amides is 3. The van der Waals surface area contributed by atoms with Crippen LogP contribution in [0.1, 0.15) is 59.7 Å². The molecule has 1 saturated heterocycles. The number of benzene rings is 2. The Kier molecular flexibility index (Phi) is 9.09. The van der Waals surface area contributed by atoms with Crippen molar-refractivity contribution in [2.45, 2.75) is 58.7 Å². The number of pyridine rings is 1. The van der Waals surface area contributed by atoms with Gasteiger partial charge in [-0.3, -0.25) is 24.7 Å². The van der Waals surface area contributed by atoms with Gasteiger partial charge in [-0.05, 0) is 74.0 Å². The van der Waals surface area contributed by atoms with E-state index in [9.17, 15) is 14.4 Å². The number of anilines is 1. The summed E-state index contributed by atoms with van der Waals surface area (Å²) in [7, 11) is 0. The molecule has 41 heavy (non-hydrogen) atoms. The number of hydrogen-bond donors (Lipinski definition) is 2. The average molecular weight is 554 g/mol. The van der Waals surface area contributed by atoms with Gasteiger partial charge in [-0.2, -0.15) is 0 Å². The van der Waals surface area contributed by atoms with E-state index in [0.29, 0.717) is 30.9 Å². The normalized spacial score (nSPS) is 16.0. The number of aromatic nitrogens is 1. The molecular formula is C33H39N5O3. The predicted octanol–water partition coefficient (Wildman–Crippen LogP) is 4.46. The molecule has 2 aliphatic heterocycles. The van der Waals surface area contributed by atoms with Gasteiger partial charge in [-0.1, -0.05) is 49.2 Å². The Morgan fingerprint density at radius 3 is 2.66 bits per heavy atom. The third-order valence-electron chi connectivity index (χ3n) is 8.25. The summed E-state index contributed by atoms with van der Waals surface area (Å²) in [5.41, 5.74) is 7.27. The number of hydrogen-bond acceptors (Lipinski definition) is 6. The lowest BCUT2D eigenvalue weighted by atomic mass is 9.96. The van der Waals surface area contributed by atoms with Crippen molar-refractivity contribution in [3.8, 4) is 11.3 Å². The van der Waals surface area contributed by atoms with E-state index >= 15 is 0 Å². The standard InChI is InChI=1S/C33H39N5O3/c1-3-5-31(32(40)36-22-39)38-21-27-17-25(8-10-29(27)33(38)41)19-34-18-24-12-14-37(15-13-24)28-9-11-30(35-20-28)26-7-4-6-23(2)16-26/h4,6-11,16-17,20,22,24,31,34H,3,5,12-15,18-19,21H2,1-2H3,(H,36,39,40). The van der Waals surface area contributed by atoms with E-state index in [4.69, 9.17) is 4.98 Å². The average Bonchev–Trinajstić information content (AvgIpc) is 3.31. The Morgan fingerprint density at radius 2 is 1.95 bits per heavy atom. The third kappa shape index (κ3) is 6.65. The van der Waals surface area contributed by atoms with Crippen molar-refractivity contribution >= 4 is 23.9 Å². The van der Waals surface area contributed by atoms with Crippen molar-refractivity contribution in [2.24, 2.45) is 5.92 Å². The molecule has 3 heterocycles. The SMILES string of the molecule is CCCC(C(=O)NC=O)N1Cc2cc(CNCC3CCN(c4ccc(-c5cccc(C)c5)nc4)CC3)ccc2C1=O. The predicted molar refractivity (Wildman–Crippen MR) is 160 cm³/mol. The van der Waals surface area contributed by atoms with Crippen molar-refractivity contribution in [1.29, 1.82) is 0 Å². The lowest BCUT2D eigenvalue weighted by Gasteiger charge is -2.33. The zero-order valence-electron chi connectivity index (χ0n) is 23.9. The molecule has 8 heteroatoms. The van der Waals surface area contributed by atoms with E-state index in [1.807, 2.05) is 25.3 Å². The van der Waals surface area contributed by atoms with Crippen LogP contribution in [-0.2, 0) is 22.7 Å². The number of piperidine rings is 1. The monoisotopic (exact) mass is 553 g/mol. The van der Waals surface area contributed by atoms with E-state index in [-0.39, 0.29) is 5.91 Å². The molecule has 0 spiro atoms. The molecule has 5 rings (SSSR count). The molecule has 3 amide bonds. The molecule has 214 valence electrons. The molecule has 8 nitrogen and oxygen atoms in total. The molecule has 1 atom stereocenters. The zero-order chi connectivity index (χ0) is 28.8. The lowest BCUT2D eigenvalue weighted by Crippen LogP contribution is -2.46. The highest BCUT2D eigenvalue weighted by molar-refractivity contribution is 6.02. The van der Waals surface area contributed by atoms with Crippen LogP contribution < -0.4 is 15.5 Å². The van der Waals surface area contributed by atoms with E-state index in [2.05, 4.69) is 64.9 Å². The smallest absolute Gasteiger partial charge is 0.255 e. The summed E-state index contributed by atoms with van der Waals surface area (Å²) in [6, 6.07) is 18.0. The van der Waals surface area contributed by atoms with E-state index < -0.39 is 11.9 Å². The van der Waals surface area contributed by atoms with Crippen LogP contribution in [0, 0.1) is 12.8 Å². The van der Waals surface area contributed by atoms with Gasteiger partial charge in [0.1, 0.15) is 6.04 Å². The molecule has 0 saturated carbocycles. The Bertz CT molecular complexity index is 1380. The van der Waals surface area contributed by atoms with E-state index in [1.165, 1.54) is 11.3 Å². The maximum absolute atomic E-state index is 13.0. The molecule has 2 aromatic carbocycles. The summed E-state index contributed by atoms with van der Waals surface area (Å²) >= 11 is 0. The number of aryl methyl sites for hydroxylation is 1. The summed E-state index contributed by atoms with van der Waals surface area (Å²) in [4.78, 5) is 44.9. The number of nitrogens with one attached hydrogen (secondary N) is 2. The first-order valence-corrected chi connectivity index (χ1v) is 14.6. The highest BCUT2D eigenvalue weighted by atomic mass is 16.2. The largest absolute Gasteiger partial charge is 0.370 e. The van der Waals surface area contributed by atoms with Gasteiger partial charge < -0.3 is 15.1 Å². The fourth-order valence-electron chi connectivity index (χ4n) is 5.98. The van der Waals surface area contributed by atoms with Crippen LogP contribution in [0.5, 0.6) is 0 Å². The van der Waals surface area contributed by atoms with Gasteiger partial charge in [0.05, 0.1) is 17.6 Å². The first kappa shape index (κ1) is 28.5. The van der Waals surface area contributed by atoms with Crippen molar-refractivity contribution in [2.75, 3.05) is 24.5 Å². The highest BCUT2D eigenvalue weighted by Gasteiger charge is 2.35. The topological polar surface area (TPSA) is 94.6 Å². The van der Waals surface area contributed by atoms with Crippen LogP contribution in [-0.4, -0.2) is 53.8 Å². The summed E-state index contributed by atoms with van der Waals surface area (Å²) in [5, 5.41) is 5.83. The van der Waals surface area contributed by atoms with Crippen molar-refractivity contribution in [1.82, 2.24) is 20.5 Å². The minimum Gasteiger partial charge on any atom is -0.370 e. The molecule has 2 N–H and O–H groups in total. The van der Waals surface area contributed by atoms with Crippen LogP contribution in [0.4, 0.5) is 5.69 Å². The maximum atomic E-state index is 13.0. The lowest BCUT2D eigenvalue weighted by molar-refractivity contribution is -0.129. The van der Waals surface area contributed by atoms with Gasteiger partial charge in [-0.15, -0.1) is 0 Å². The number of nitrogens with zero attached hydrogens (tertiary/aromatic N) is 3. The summed E-state index contributed by atoms with van der Waals surface area (Å²) in [6.07, 6.45) is 5.89. The second-order valence-corrected chi connectivity index (χ2v) is 11.2. The molecule has 1 fully saturated rings. The van der Waals surface area contributed by atoms with Gasteiger partial charge in [0.2, 0.25) is 12.3 Å². The second kappa shape index (κ2) is 13.1. The summed E-state index contributed by atoms with van der Waals surface area (Å²) in [6.45, 7) is 8.17. The van der Waals surface area contributed by atoms with Crippen LogP contribution in [0.25, 0.3) is 11.3 Å². The summed E-state index contributed by atoms with van der Waals surface area (Å²) in [5.74, 6) is 0.0423. The van der Waals surface area contributed by atoms with E-state index in [0.717, 1.165) is 67.8 Å². The van der Waals surface area contributed by atoms with Crippen LogP contribution in [0.15, 0.2) is 60.8 Å². The number of rotatable bonds is 11. The molecule has 1 unspecified atom stereocenters. The fraction of sp³-hybridized carbons (Fsp3) is 0.394. The Hall–Kier alpha value is -4.04. The molecule has 0 aliphatic carbocycles. The molecular weight excluding hydrogens is 514 g/mol. The Balaban J connectivity index is 1.09. The Labute approximate surface area is 242 Å². The van der Waals surface area contributed by atoms with Crippen molar-refractivity contribution < 1.29 is 14.4 Å². The quantitative estimate of drug-likeness (QED) is 0.341. The fourth-order valence-corrected chi connectivity index (χ4v) is 5.98. The first-order chi connectivity index (χ1) is 20.0. The number of carbonyl (C=O) groups is 3. The van der Waals surface area contributed by atoms with Crippen molar-refractivity contribution in [3.05, 3.63) is 83.0 Å². The number of fused-ring (bicyclic) bond motifs is 1. The van der Waals surface area contributed by atoms with Crippen LogP contribution in [0.3, 0.4) is 0 Å². The number of carbonyl (C=O) groups excluding carboxylic acids is 3. The van der Waals surface area contributed by atoms with Crippen LogP contribution >= 0.6 is 0 Å². The van der Waals surface area contributed by atoms with Gasteiger partial charge >= 0.3 is 0 Å². The van der Waals surface area contributed by atoms with Crippen molar-refractivity contribution in [3.63, 3.8) is 0 Å². The van der Waals surface area contributed by atoms with Gasteiger partial charge in [0.25, 0.3) is 5.91 Å². The van der Waals surface area contributed by atoms with Gasteiger partial charge in [-0.25, -0.2) is 0 Å². The first-order valence-electron chi connectivity index (χ1n) is 14.6. The second-order valence-electron chi connectivity index (χ2n) is 11.2. The zero-order valence-corrected chi connectivity index (χ0v) is 23.9. The summed E-state index contributed by atoms with van der Waals surface area (Å²) < 4.78 is 0. The Morgan fingerprint density at radius 1 is 1.12 bits per heavy atom. The minimum absolute atomic E-state index is 0.147. The molecule has 0 radical (unpaired) electrons. The van der Waals surface area contributed by atoms with Gasteiger partial charge in [0.15, 0.2) is 0 Å². The molecule has 3 aromatic rings. The third-order valence-corrected chi connectivity index (χ3v) is 8.25. The number of imide groups is 1. The van der Waals surface area contributed by atoms with E-state index in [1.54, 1.807) is 4.90 Å². The molecule has 2 aliphatic rings. The minimum atomic E-state index is -0.639. The maximum Gasteiger partial charge on any atom is 0.255 e.